The Bertz CT molecular complexity index is 679. The van der Waals surface area contributed by atoms with E-state index in [1.165, 1.54) is 23.5 Å². The van der Waals surface area contributed by atoms with Gasteiger partial charge in [0, 0.05) is 54.6 Å². The maximum Gasteiger partial charge on any atom is 0.271 e. The molecule has 10 heteroatoms. The van der Waals surface area contributed by atoms with Crippen molar-refractivity contribution >= 4 is 32.2 Å². The number of hydrogen-bond acceptors (Lipinski definition) is 6. The number of nitro groups is 1. The minimum Gasteiger partial charge on any atom is -0.387 e. The zero-order valence-electron chi connectivity index (χ0n) is 11.3. The van der Waals surface area contributed by atoms with Gasteiger partial charge in [0.1, 0.15) is 4.90 Å². The number of nitrogens with zero attached hydrogens (tertiary/aromatic N) is 2. The van der Waals surface area contributed by atoms with Crippen molar-refractivity contribution in [3.8, 4) is 0 Å². The van der Waals surface area contributed by atoms with E-state index < -0.39 is 25.7 Å². The van der Waals surface area contributed by atoms with Crippen LogP contribution in [0.5, 0.6) is 0 Å². The average Bonchev–Trinajstić information content (AvgIpc) is 2.46. The van der Waals surface area contributed by atoms with Crippen LogP contribution in [0.3, 0.4) is 0 Å². The topological polar surface area (TPSA) is 110 Å². The number of nitro benzene ring substituents is 1. The molecule has 21 heavy (non-hydrogen) atoms. The second kappa shape index (κ2) is 6.08. The third-order valence-corrected chi connectivity index (χ3v) is 6.43. The normalized spacial score (nSPS) is 17.6. The molecule has 1 saturated heterocycles. The van der Waals surface area contributed by atoms with Gasteiger partial charge in [0.25, 0.3) is 5.69 Å². The summed E-state index contributed by atoms with van der Waals surface area (Å²) >= 11 is 0. The van der Waals surface area contributed by atoms with Gasteiger partial charge in [-0.3, -0.25) is 14.3 Å². The first kappa shape index (κ1) is 15.9. The first-order valence-corrected chi connectivity index (χ1v) is 9.10. The van der Waals surface area contributed by atoms with Gasteiger partial charge in [-0.15, -0.1) is 0 Å². The van der Waals surface area contributed by atoms with Gasteiger partial charge in [0.2, 0.25) is 10.0 Å². The molecule has 1 aromatic carbocycles. The molecular formula is C11H15N3O5S2. The van der Waals surface area contributed by atoms with E-state index in [4.69, 9.17) is 0 Å². The van der Waals surface area contributed by atoms with Crippen LogP contribution in [0.25, 0.3) is 0 Å². The van der Waals surface area contributed by atoms with E-state index in [9.17, 15) is 22.7 Å². The maximum absolute atomic E-state index is 12.6. The quantitative estimate of drug-likeness (QED) is 0.630. The summed E-state index contributed by atoms with van der Waals surface area (Å²) in [7, 11) is -3.23. The zero-order valence-corrected chi connectivity index (χ0v) is 12.9. The van der Waals surface area contributed by atoms with Gasteiger partial charge in [-0.25, -0.2) is 8.42 Å². The lowest BCUT2D eigenvalue weighted by Crippen LogP contribution is -2.41. The van der Waals surface area contributed by atoms with E-state index >= 15 is 0 Å². The zero-order chi connectivity index (χ0) is 15.6. The number of non-ortho nitro benzene ring substituents is 1. The molecule has 1 heterocycles. The molecule has 0 spiro atoms. The Morgan fingerprint density at radius 2 is 1.95 bits per heavy atom. The van der Waals surface area contributed by atoms with E-state index in [1.807, 2.05) is 0 Å². The first-order chi connectivity index (χ1) is 9.86. The summed E-state index contributed by atoms with van der Waals surface area (Å²) in [6, 6.07) is 3.58. The summed E-state index contributed by atoms with van der Waals surface area (Å²) in [6.07, 6.45) is 0. The lowest BCUT2D eigenvalue weighted by atomic mass is 10.3. The SMILES string of the molecule is CNc1cc([N+](=O)[O-])ccc1S(=O)(=O)N1CCS(=O)CC1. The van der Waals surface area contributed by atoms with Crippen molar-refractivity contribution in [3.63, 3.8) is 0 Å². The van der Waals surface area contributed by atoms with Crippen molar-refractivity contribution in [1.29, 1.82) is 0 Å². The number of sulfonamides is 1. The summed E-state index contributed by atoms with van der Waals surface area (Å²) in [6.45, 7) is 0.379. The highest BCUT2D eigenvalue weighted by Gasteiger charge is 2.30. The Morgan fingerprint density at radius 1 is 1.33 bits per heavy atom. The van der Waals surface area contributed by atoms with E-state index in [0.717, 1.165) is 6.07 Å². The minimum atomic E-state index is -3.76. The van der Waals surface area contributed by atoms with Crippen LogP contribution in [0.1, 0.15) is 0 Å². The Hall–Kier alpha value is -1.52. The summed E-state index contributed by atoms with van der Waals surface area (Å²) < 4.78 is 37.7. The highest BCUT2D eigenvalue weighted by molar-refractivity contribution is 7.89. The predicted molar refractivity (Wildman–Crippen MR) is 79.3 cm³/mol. The lowest BCUT2D eigenvalue weighted by molar-refractivity contribution is -0.384. The van der Waals surface area contributed by atoms with Gasteiger partial charge in [-0.05, 0) is 6.07 Å². The molecular weight excluding hydrogens is 318 g/mol. The lowest BCUT2D eigenvalue weighted by Gasteiger charge is -2.26. The van der Waals surface area contributed by atoms with Crippen LogP contribution in [0, 0.1) is 10.1 Å². The molecule has 1 aromatic rings. The Labute approximate surface area is 124 Å². The van der Waals surface area contributed by atoms with E-state index in [0.29, 0.717) is 11.5 Å². The largest absolute Gasteiger partial charge is 0.387 e. The van der Waals surface area contributed by atoms with Gasteiger partial charge in [-0.2, -0.15) is 4.31 Å². The second-order valence-corrected chi connectivity index (χ2v) is 8.04. The molecule has 0 radical (unpaired) electrons. The molecule has 0 amide bonds. The highest BCUT2D eigenvalue weighted by Crippen LogP contribution is 2.29. The molecule has 116 valence electrons. The van der Waals surface area contributed by atoms with Crippen molar-refractivity contribution in [2.24, 2.45) is 0 Å². The molecule has 0 aromatic heterocycles. The molecule has 8 nitrogen and oxygen atoms in total. The highest BCUT2D eigenvalue weighted by atomic mass is 32.2. The molecule has 0 saturated carbocycles. The fourth-order valence-corrected chi connectivity index (χ4v) is 4.96. The van der Waals surface area contributed by atoms with Crippen LogP contribution in [0.15, 0.2) is 23.1 Å². The monoisotopic (exact) mass is 333 g/mol. The van der Waals surface area contributed by atoms with Gasteiger partial charge in [0.05, 0.1) is 10.6 Å². The first-order valence-electron chi connectivity index (χ1n) is 6.17. The minimum absolute atomic E-state index is 0.0108. The molecule has 0 unspecified atom stereocenters. The Balaban J connectivity index is 2.40. The van der Waals surface area contributed by atoms with Crippen molar-refractivity contribution in [2.75, 3.05) is 37.0 Å². The number of rotatable bonds is 4. The maximum atomic E-state index is 12.6. The molecule has 1 N–H and O–H groups in total. The van der Waals surface area contributed by atoms with Gasteiger partial charge < -0.3 is 5.32 Å². The van der Waals surface area contributed by atoms with Crippen molar-refractivity contribution < 1.29 is 17.6 Å². The Morgan fingerprint density at radius 3 is 2.48 bits per heavy atom. The number of benzene rings is 1. The van der Waals surface area contributed by atoms with E-state index in [1.54, 1.807) is 0 Å². The molecule has 1 aliphatic rings. The summed E-state index contributed by atoms with van der Waals surface area (Å²) in [4.78, 5) is 10.2. The molecule has 0 atom stereocenters. The smallest absolute Gasteiger partial charge is 0.271 e. The molecule has 0 aliphatic carbocycles. The standard InChI is InChI=1S/C11H15N3O5S2/c1-12-10-8-9(14(15)16)2-3-11(10)21(18,19)13-4-6-20(17)7-5-13/h2-3,8,12H,4-7H2,1H3. The van der Waals surface area contributed by atoms with E-state index in [-0.39, 0.29) is 29.4 Å². The molecule has 0 bridgehead atoms. The van der Waals surface area contributed by atoms with Crippen molar-refractivity contribution in [1.82, 2.24) is 4.31 Å². The van der Waals surface area contributed by atoms with Crippen LogP contribution < -0.4 is 5.32 Å². The van der Waals surface area contributed by atoms with Gasteiger partial charge in [0.15, 0.2) is 0 Å². The third-order valence-electron chi connectivity index (χ3n) is 3.20. The van der Waals surface area contributed by atoms with Crippen molar-refractivity contribution in [3.05, 3.63) is 28.3 Å². The number of nitrogens with one attached hydrogen (secondary N) is 1. The summed E-state index contributed by atoms with van der Waals surface area (Å²) in [5, 5.41) is 13.4. The predicted octanol–water partition coefficient (Wildman–Crippen LogP) is 0.389. The van der Waals surface area contributed by atoms with Gasteiger partial charge in [-0.1, -0.05) is 0 Å². The number of hydrogen-bond donors (Lipinski definition) is 1. The van der Waals surface area contributed by atoms with Crippen LogP contribution in [-0.4, -0.2) is 53.5 Å². The summed E-state index contributed by atoms with van der Waals surface area (Å²) in [5.41, 5.74) is -0.00561. The van der Waals surface area contributed by atoms with Crippen LogP contribution in [0.2, 0.25) is 0 Å². The van der Waals surface area contributed by atoms with Crippen LogP contribution >= 0.6 is 0 Å². The Kier molecular flexibility index (Phi) is 4.59. The molecule has 2 rings (SSSR count). The van der Waals surface area contributed by atoms with E-state index in [2.05, 4.69) is 5.32 Å². The fraction of sp³-hybridized carbons (Fsp3) is 0.455. The average molecular weight is 333 g/mol. The van der Waals surface area contributed by atoms with Gasteiger partial charge >= 0.3 is 0 Å². The second-order valence-electron chi connectivity index (χ2n) is 4.44. The van der Waals surface area contributed by atoms with Crippen molar-refractivity contribution in [2.45, 2.75) is 4.90 Å². The third kappa shape index (κ3) is 3.22. The fourth-order valence-electron chi connectivity index (χ4n) is 2.05. The molecule has 1 fully saturated rings. The van der Waals surface area contributed by atoms with Crippen LogP contribution in [-0.2, 0) is 20.8 Å². The van der Waals surface area contributed by atoms with Crippen LogP contribution in [0.4, 0.5) is 11.4 Å². The summed E-state index contributed by atoms with van der Waals surface area (Å²) in [5.74, 6) is 0.613. The molecule has 1 aliphatic heterocycles. The number of anilines is 1.